The number of carbonyl (C=O) groups excluding carboxylic acids is 1. The minimum Gasteiger partial charge on any atom is -0.395 e. The number of alkyl halides is 1. The van der Waals surface area contributed by atoms with Gasteiger partial charge in [-0.2, -0.15) is 0 Å². The molecule has 0 heterocycles. The molecule has 5 heteroatoms. The second-order valence-electron chi connectivity index (χ2n) is 1.96. The molecule has 0 fully saturated rings. The Hall–Kier alpha value is 0.120. The highest BCUT2D eigenvalue weighted by molar-refractivity contribution is 14.1. The van der Waals surface area contributed by atoms with Crippen LogP contribution in [-0.2, 0) is 4.79 Å². The van der Waals surface area contributed by atoms with Gasteiger partial charge in [0.15, 0.2) is 0 Å². The lowest BCUT2D eigenvalue weighted by Crippen LogP contribution is -2.36. The van der Waals surface area contributed by atoms with Crippen molar-refractivity contribution >= 4 is 28.5 Å². The lowest BCUT2D eigenvalue weighted by molar-refractivity contribution is -0.129. The Morgan fingerprint density at radius 3 is 2.00 bits per heavy atom. The van der Waals surface area contributed by atoms with Gasteiger partial charge < -0.3 is 15.1 Å². The predicted molar refractivity (Wildman–Crippen MR) is 49.6 cm³/mol. The molecule has 0 saturated carbocycles. The van der Waals surface area contributed by atoms with E-state index in [0.717, 1.165) is 0 Å². The average molecular weight is 273 g/mol. The van der Waals surface area contributed by atoms with E-state index in [4.69, 9.17) is 10.2 Å². The summed E-state index contributed by atoms with van der Waals surface area (Å²) < 4.78 is 0.387. The number of aliphatic hydroxyl groups excluding tert-OH is 2. The number of carbonyl (C=O) groups is 1. The lowest BCUT2D eigenvalue weighted by atomic mass is 10.4. The number of nitrogens with zero attached hydrogens (tertiary/aromatic N) is 1. The molecular formula is C6H12INO3. The standard InChI is InChI=1S/C6H12INO3/c7-5-6(11)8(1-3-9)2-4-10/h9-10H,1-5H2. The molecule has 0 aromatic carbocycles. The third-order valence-corrected chi connectivity index (χ3v) is 1.86. The highest BCUT2D eigenvalue weighted by Crippen LogP contribution is 1.92. The fraction of sp³-hybridized carbons (Fsp3) is 0.833. The third-order valence-electron chi connectivity index (χ3n) is 1.21. The van der Waals surface area contributed by atoms with Crippen molar-refractivity contribution in [2.45, 2.75) is 0 Å². The van der Waals surface area contributed by atoms with Crippen molar-refractivity contribution in [2.75, 3.05) is 30.7 Å². The van der Waals surface area contributed by atoms with Gasteiger partial charge in [0.25, 0.3) is 0 Å². The van der Waals surface area contributed by atoms with E-state index in [9.17, 15) is 4.79 Å². The second-order valence-corrected chi connectivity index (χ2v) is 2.72. The molecule has 0 radical (unpaired) electrons. The number of aliphatic hydroxyl groups is 2. The van der Waals surface area contributed by atoms with Crippen LogP contribution in [0.1, 0.15) is 0 Å². The van der Waals surface area contributed by atoms with Crippen LogP contribution in [0.3, 0.4) is 0 Å². The highest BCUT2D eigenvalue weighted by atomic mass is 127. The quantitative estimate of drug-likeness (QED) is 0.511. The first-order valence-corrected chi connectivity index (χ1v) is 4.84. The van der Waals surface area contributed by atoms with E-state index in [-0.39, 0.29) is 19.1 Å². The van der Waals surface area contributed by atoms with Gasteiger partial charge in [-0.05, 0) is 0 Å². The van der Waals surface area contributed by atoms with Crippen LogP contribution < -0.4 is 0 Å². The minimum absolute atomic E-state index is 0.0475. The summed E-state index contributed by atoms with van der Waals surface area (Å²) in [4.78, 5) is 12.4. The van der Waals surface area contributed by atoms with Gasteiger partial charge in [-0.3, -0.25) is 4.79 Å². The first-order chi connectivity index (χ1) is 5.26. The second kappa shape index (κ2) is 6.81. The van der Waals surface area contributed by atoms with Crippen LogP contribution in [0.15, 0.2) is 0 Å². The maximum absolute atomic E-state index is 11.0. The summed E-state index contributed by atoms with van der Waals surface area (Å²) >= 11 is 1.95. The van der Waals surface area contributed by atoms with Gasteiger partial charge in [0.05, 0.1) is 17.6 Å². The number of hydrogen-bond acceptors (Lipinski definition) is 3. The molecule has 11 heavy (non-hydrogen) atoms. The Morgan fingerprint density at radius 1 is 1.27 bits per heavy atom. The van der Waals surface area contributed by atoms with Gasteiger partial charge in [0, 0.05) is 13.1 Å². The van der Waals surface area contributed by atoms with E-state index in [2.05, 4.69) is 0 Å². The summed E-state index contributed by atoms with van der Waals surface area (Å²) in [5.41, 5.74) is 0. The Morgan fingerprint density at radius 2 is 1.73 bits per heavy atom. The molecule has 0 atom stereocenters. The van der Waals surface area contributed by atoms with Gasteiger partial charge in [-0.1, -0.05) is 22.6 Å². The number of hydrogen-bond donors (Lipinski definition) is 2. The Balaban J connectivity index is 3.76. The molecule has 0 rings (SSSR count). The van der Waals surface area contributed by atoms with Crippen molar-refractivity contribution in [3.05, 3.63) is 0 Å². The molecule has 66 valence electrons. The molecule has 0 aromatic rings. The van der Waals surface area contributed by atoms with Crippen LogP contribution in [-0.4, -0.2) is 51.8 Å². The molecule has 0 unspecified atom stereocenters. The first-order valence-electron chi connectivity index (χ1n) is 3.31. The maximum Gasteiger partial charge on any atom is 0.232 e. The van der Waals surface area contributed by atoms with E-state index in [1.807, 2.05) is 22.6 Å². The van der Waals surface area contributed by atoms with Gasteiger partial charge in [0.1, 0.15) is 0 Å². The molecule has 0 aliphatic carbocycles. The molecular weight excluding hydrogens is 261 g/mol. The van der Waals surface area contributed by atoms with E-state index < -0.39 is 0 Å². The van der Waals surface area contributed by atoms with Crippen LogP contribution in [0.2, 0.25) is 0 Å². The zero-order valence-electron chi connectivity index (χ0n) is 6.16. The molecule has 2 N–H and O–H groups in total. The van der Waals surface area contributed by atoms with Gasteiger partial charge in [-0.15, -0.1) is 0 Å². The summed E-state index contributed by atoms with van der Waals surface area (Å²) in [6.07, 6.45) is 0. The Bertz CT molecular complexity index is 114. The maximum atomic E-state index is 11.0. The van der Waals surface area contributed by atoms with E-state index in [1.54, 1.807) is 0 Å². The normalized spacial score (nSPS) is 9.73. The van der Waals surface area contributed by atoms with Crippen molar-refractivity contribution in [2.24, 2.45) is 0 Å². The van der Waals surface area contributed by atoms with Crippen molar-refractivity contribution < 1.29 is 15.0 Å². The number of halogens is 1. The van der Waals surface area contributed by atoms with Crippen molar-refractivity contribution in [1.82, 2.24) is 4.90 Å². The summed E-state index contributed by atoms with van der Waals surface area (Å²) in [6, 6.07) is 0. The molecule has 0 bridgehead atoms. The third kappa shape index (κ3) is 4.54. The Kier molecular flexibility index (Phi) is 6.88. The first kappa shape index (κ1) is 11.1. The minimum atomic E-state index is -0.0532. The van der Waals surface area contributed by atoms with Gasteiger partial charge in [0.2, 0.25) is 5.91 Å². The van der Waals surface area contributed by atoms with Gasteiger partial charge >= 0.3 is 0 Å². The van der Waals surface area contributed by atoms with Crippen molar-refractivity contribution in [1.29, 1.82) is 0 Å². The fourth-order valence-electron chi connectivity index (χ4n) is 0.687. The average Bonchev–Trinajstić information content (AvgIpc) is 2.03. The fourth-order valence-corrected chi connectivity index (χ4v) is 1.17. The van der Waals surface area contributed by atoms with Crippen molar-refractivity contribution in [3.63, 3.8) is 0 Å². The summed E-state index contributed by atoms with van der Waals surface area (Å²) in [5.74, 6) is -0.0475. The van der Waals surface area contributed by atoms with E-state index in [1.165, 1.54) is 4.90 Å². The van der Waals surface area contributed by atoms with Crippen LogP contribution >= 0.6 is 22.6 Å². The van der Waals surface area contributed by atoms with E-state index in [0.29, 0.717) is 17.5 Å². The Labute approximate surface area is 79.3 Å². The molecule has 0 aliphatic rings. The summed E-state index contributed by atoms with van der Waals surface area (Å²) in [5, 5.41) is 17.1. The molecule has 0 aliphatic heterocycles. The summed E-state index contributed by atoms with van der Waals surface area (Å²) in [6.45, 7) is 0.509. The number of rotatable bonds is 5. The van der Waals surface area contributed by atoms with Crippen LogP contribution in [0.25, 0.3) is 0 Å². The van der Waals surface area contributed by atoms with Crippen molar-refractivity contribution in [3.8, 4) is 0 Å². The SMILES string of the molecule is O=C(CI)N(CCO)CCO. The number of amides is 1. The highest BCUT2D eigenvalue weighted by Gasteiger charge is 2.09. The van der Waals surface area contributed by atoms with Crippen LogP contribution in [0, 0.1) is 0 Å². The molecule has 1 amide bonds. The van der Waals surface area contributed by atoms with Crippen LogP contribution in [0.4, 0.5) is 0 Å². The smallest absolute Gasteiger partial charge is 0.232 e. The molecule has 0 aromatic heterocycles. The molecule has 0 spiro atoms. The molecule has 4 nitrogen and oxygen atoms in total. The van der Waals surface area contributed by atoms with E-state index >= 15 is 0 Å². The van der Waals surface area contributed by atoms with Crippen LogP contribution in [0.5, 0.6) is 0 Å². The zero-order chi connectivity index (χ0) is 8.69. The monoisotopic (exact) mass is 273 g/mol. The predicted octanol–water partition coefficient (Wildman–Crippen LogP) is -0.765. The lowest BCUT2D eigenvalue weighted by Gasteiger charge is -2.18. The largest absolute Gasteiger partial charge is 0.395 e. The topological polar surface area (TPSA) is 60.8 Å². The summed E-state index contributed by atoms with van der Waals surface area (Å²) in [7, 11) is 0. The zero-order valence-corrected chi connectivity index (χ0v) is 8.32. The van der Waals surface area contributed by atoms with Gasteiger partial charge in [-0.25, -0.2) is 0 Å². The molecule has 0 saturated heterocycles.